The number of carboxylic acids is 1. The summed E-state index contributed by atoms with van der Waals surface area (Å²) in [4.78, 5) is 10.5. The molecule has 1 heterocycles. The molecule has 0 atom stereocenters. The summed E-state index contributed by atoms with van der Waals surface area (Å²) in [7, 11) is 0. The number of rotatable bonds is 4. The highest BCUT2D eigenvalue weighted by atomic mass is 32.2. The van der Waals surface area contributed by atoms with Crippen LogP contribution in [0.4, 0.5) is 13.2 Å². The van der Waals surface area contributed by atoms with Gasteiger partial charge in [0, 0.05) is 5.92 Å². The predicted molar refractivity (Wildman–Crippen MR) is 69.3 cm³/mol. The second kappa shape index (κ2) is 6.12. The molecule has 0 saturated heterocycles. The number of nitrogens with zero attached hydrogens (tertiary/aromatic N) is 3. The van der Waals surface area contributed by atoms with Gasteiger partial charge >= 0.3 is 12.1 Å². The molecule has 1 aliphatic rings. The molecule has 118 valence electrons. The molecule has 1 aliphatic carbocycles. The zero-order valence-corrected chi connectivity index (χ0v) is 11.8. The van der Waals surface area contributed by atoms with Crippen LogP contribution in [0.1, 0.15) is 37.4 Å². The first-order valence-electron chi connectivity index (χ1n) is 6.40. The van der Waals surface area contributed by atoms with Crippen molar-refractivity contribution in [2.75, 3.05) is 11.6 Å². The first-order chi connectivity index (χ1) is 9.79. The van der Waals surface area contributed by atoms with Gasteiger partial charge in [-0.2, -0.15) is 13.2 Å². The summed E-state index contributed by atoms with van der Waals surface area (Å²) in [5.74, 6) is 3.59. The molecule has 0 aromatic carbocycles. The van der Waals surface area contributed by atoms with Crippen LogP contribution in [0, 0.1) is 5.92 Å². The van der Waals surface area contributed by atoms with Gasteiger partial charge in [0.25, 0.3) is 0 Å². The van der Waals surface area contributed by atoms with Crippen LogP contribution in [-0.2, 0) is 4.79 Å². The van der Waals surface area contributed by atoms with Crippen LogP contribution < -0.4 is 5.84 Å². The van der Waals surface area contributed by atoms with Crippen LogP contribution in [0.5, 0.6) is 0 Å². The summed E-state index contributed by atoms with van der Waals surface area (Å²) in [6.45, 7) is 0. The van der Waals surface area contributed by atoms with Crippen molar-refractivity contribution in [3.63, 3.8) is 0 Å². The van der Waals surface area contributed by atoms with E-state index < -0.39 is 18.1 Å². The number of carboxylic acid groups (broad SMARTS) is 1. The Bertz CT molecular complexity index is 512. The van der Waals surface area contributed by atoms with Crippen LogP contribution in [-0.4, -0.2) is 37.9 Å². The van der Waals surface area contributed by atoms with Crippen molar-refractivity contribution < 1.29 is 23.1 Å². The van der Waals surface area contributed by atoms with Crippen LogP contribution in [0.25, 0.3) is 0 Å². The molecule has 0 radical (unpaired) electrons. The lowest BCUT2D eigenvalue weighted by Gasteiger charge is -2.29. The van der Waals surface area contributed by atoms with Gasteiger partial charge in [-0.1, -0.05) is 11.8 Å². The van der Waals surface area contributed by atoms with E-state index in [1.165, 1.54) is 4.68 Å². The van der Waals surface area contributed by atoms with E-state index in [4.69, 9.17) is 10.9 Å². The van der Waals surface area contributed by atoms with Gasteiger partial charge in [-0.05, 0) is 25.7 Å². The largest absolute Gasteiger partial charge is 0.481 e. The van der Waals surface area contributed by atoms with Gasteiger partial charge in [0.15, 0.2) is 5.82 Å². The van der Waals surface area contributed by atoms with Gasteiger partial charge in [0.1, 0.15) is 0 Å². The fourth-order valence-corrected chi connectivity index (χ4v) is 3.05. The third-order valence-electron chi connectivity index (χ3n) is 3.57. The third kappa shape index (κ3) is 3.80. The molecule has 1 aromatic heterocycles. The number of aromatic nitrogens is 3. The minimum atomic E-state index is -4.15. The number of aliphatic carboxylic acids is 1. The number of halogens is 3. The topological polar surface area (TPSA) is 94.0 Å². The van der Waals surface area contributed by atoms with E-state index in [9.17, 15) is 18.0 Å². The lowest BCUT2D eigenvalue weighted by Crippen LogP contribution is -2.28. The normalized spacial score (nSPS) is 23.2. The minimum absolute atomic E-state index is 0.0542. The molecule has 0 amide bonds. The molecule has 1 fully saturated rings. The van der Waals surface area contributed by atoms with Gasteiger partial charge in [-0.3, -0.25) is 4.79 Å². The van der Waals surface area contributed by atoms with Crippen LogP contribution >= 0.6 is 11.8 Å². The standard InChI is InChI=1S/C11H15F3N4O2S/c12-11(13,14)7-3-1-6(2-4-7)9-16-17-10(18(9)15)21-5-8(19)20/h6-7H,1-5,15H2,(H,19,20). The van der Waals surface area contributed by atoms with E-state index in [-0.39, 0.29) is 29.7 Å². The predicted octanol–water partition coefficient (Wildman–Crippen LogP) is 2.00. The Kier molecular flexibility index (Phi) is 4.64. The van der Waals surface area contributed by atoms with Crippen molar-refractivity contribution in [3.8, 4) is 0 Å². The molecular formula is C11H15F3N4O2S. The van der Waals surface area contributed by atoms with Crippen LogP contribution in [0.2, 0.25) is 0 Å². The molecule has 2 rings (SSSR count). The summed E-state index contributed by atoms with van der Waals surface area (Å²) >= 11 is 0.930. The molecule has 1 saturated carbocycles. The fourth-order valence-electron chi connectivity index (χ4n) is 2.47. The van der Waals surface area contributed by atoms with Crippen molar-refractivity contribution in [3.05, 3.63) is 5.82 Å². The fraction of sp³-hybridized carbons (Fsp3) is 0.727. The van der Waals surface area contributed by atoms with E-state index >= 15 is 0 Å². The van der Waals surface area contributed by atoms with E-state index in [1.54, 1.807) is 0 Å². The van der Waals surface area contributed by atoms with Gasteiger partial charge in [-0.15, -0.1) is 10.2 Å². The number of thioether (sulfide) groups is 1. The maximum atomic E-state index is 12.6. The van der Waals surface area contributed by atoms with Crippen molar-refractivity contribution in [2.24, 2.45) is 5.92 Å². The SMILES string of the molecule is Nn1c(SCC(=O)O)nnc1C1CCC(C(F)(F)F)CC1. The summed E-state index contributed by atoms with van der Waals surface area (Å²) < 4.78 is 39.0. The van der Waals surface area contributed by atoms with Gasteiger partial charge in [-0.25, -0.2) is 4.68 Å². The molecule has 21 heavy (non-hydrogen) atoms. The molecule has 0 spiro atoms. The number of alkyl halides is 3. The smallest absolute Gasteiger partial charge is 0.391 e. The average molecular weight is 324 g/mol. The highest BCUT2D eigenvalue weighted by Crippen LogP contribution is 2.42. The molecule has 3 N–H and O–H groups in total. The zero-order chi connectivity index (χ0) is 15.6. The van der Waals surface area contributed by atoms with Crippen LogP contribution in [0.3, 0.4) is 0 Å². The lowest BCUT2D eigenvalue weighted by atomic mass is 9.81. The summed E-state index contributed by atoms with van der Waals surface area (Å²) in [6, 6.07) is 0. The Balaban J connectivity index is 1.99. The molecule has 0 aliphatic heterocycles. The highest BCUT2D eigenvalue weighted by molar-refractivity contribution is 7.99. The van der Waals surface area contributed by atoms with E-state index in [0.29, 0.717) is 18.7 Å². The number of carbonyl (C=O) groups is 1. The second-order valence-corrected chi connectivity index (χ2v) is 5.93. The number of nitrogen functional groups attached to an aromatic ring is 1. The number of nitrogens with two attached hydrogens (primary N) is 1. The Morgan fingerprint density at radius 3 is 2.48 bits per heavy atom. The molecule has 0 unspecified atom stereocenters. The quantitative estimate of drug-likeness (QED) is 0.650. The Hall–Kier alpha value is -1.45. The highest BCUT2D eigenvalue weighted by Gasteiger charge is 2.42. The molecule has 6 nitrogen and oxygen atoms in total. The maximum Gasteiger partial charge on any atom is 0.391 e. The molecule has 1 aromatic rings. The Morgan fingerprint density at radius 1 is 1.33 bits per heavy atom. The molecule has 10 heteroatoms. The maximum absolute atomic E-state index is 12.6. The monoisotopic (exact) mass is 324 g/mol. The first-order valence-corrected chi connectivity index (χ1v) is 7.39. The van der Waals surface area contributed by atoms with E-state index in [0.717, 1.165) is 11.8 Å². The Morgan fingerprint density at radius 2 is 1.95 bits per heavy atom. The molecular weight excluding hydrogens is 309 g/mol. The number of hydrogen-bond donors (Lipinski definition) is 2. The van der Waals surface area contributed by atoms with E-state index in [1.807, 2.05) is 0 Å². The third-order valence-corrected chi connectivity index (χ3v) is 4.50. The van der Waals surface area contributed by atoms with Crippen LogP contribution in [0.15, 0.2) is 5.16 Å². The van der Waals surface area contributed by atoms with Gasteiger partial charge < -0.3 is 10.9 Å². The first kappa shape index (κ1) is 15.9. The summed E-state index contributed by atoms with van der Waals surface area (Å²) in [5, 5.41) is 16.5. The van der Waals surface area contributed by atoms with Gasteiger partial charge in [0.2, 0.25) is 5.16 Å². The van der Waals surface area contributed by atoms with Crippen molar-refractivity contribution >= 4 is 17.7 Å². The lowest BCUT2D eigenvalue weighted by molar-refractivity contribution is -0.182. The van der Waals surface area contributed by atoms with Crippen molar-refractivity contribution in [1.29, 1.82) is 0 Å². The van der Waals surface area contributed by atoms with Crippen molar-refractivity contribution in [2.45, 2.75) is 42.9 Å². The molecule has 0 bridgehead atoms. The minimum Gasteiger partial charge on any atom is -0.481 e. The van der Waals surface area contributed by atoms with Gasteiger partial charge in [0.05, 0.1) is 11.7 Å². The van der Waals surface area contributed by atoms with E-state index in [2.05, 4.69) is 10.2 Å². The van der Waals surface area contributed by atoms with Crippen molar-refractivity contribution in [1.82, 2.24) is 14.9 Å². The Labute approximate surface area is 122 Å². The summed E-state index contributed by atoms with van der Waals surface area (Å²) in [5.41, 5.74) is 0. The zero-order valence-electron chi connectivity index (χ0n) is 11.0. The second-order valence-electron chi connectivity index (χ2n) is 4.98. The number of hydrogen-bond acceptors (Lipinski definition) is 5. The summed E-state index contributed by atoms with van der Waals surface area (Å²) in [6.07, 6.45) is -3.34. The average Bonchev–Trinajstić information content (AvgIpc) is 2.77.